The van der Waals surface area contributed by atoms with E-state index in [4.69, 9.17) is 0 Å². The van der Waals surface area contributed by atoms with Crippen LogP contribution in [0, 0.1) is 11.8 Å². The van der Waals surface area contributed by atoms with Crippen molar-refractivity contribution in [2.45, 2.75) is 25.6 Å². The first-order valence-corrected chi connectivity index (χ1v) is 5.63. The lowest BCUT2D eigenvalue weighted by Crippen LogP contribution is -2.23. The molecular weight excluding hydrogens is 229 g/mol. The standard InChI is InChI=1S/C12H15F3N2/c1-7-5-8(7)11(16-2)9-6-17-4-3-10(9)12(13,14)15/h3-4,6-8,11,16H,5H2,1-2H3. The lowest BCUT2D eigenvalue weighted by Gasteiger charge is -2.20. The molecule has 0 amide bonds. The van der Waals surface area contributed by atoms with Crippen LogP contribution in [0.5, 0.6) is 0 Å². The molecule has 0 radical (unpaired) electrons. The normalized spacial score (nSPS) is 25.7. The van der Waals surface area contributed by atoms with Crippen LogP contribution in [0.25, 0.3) is 0 Å². The highest BCUT2D eigenvalue weighted by molar-refractivity contribution is 5.30. The van der Waals surface area contributed by atoms with Crippen LogP contribution in [0.4, 0.5) is 13.2 Å². The van der Waals surface area contributed by atoms with E-state index in [9.17, 15) is 13.2 Å². The van der Waals surface area contributed by atoms with E-state index in [-0.39, 0.29) is 17.5 Å². The minimum absolute atomic E-state index is 0.254. The maximum absolute atomic E-state index is 12.9. The Bertz CT molecular complexity index is 403. The molecule has 17 heavy (non-hydrogen) atoms. The van der Waals surface area contributed by atoms with Crippen LogP contribution in [0.1, 0.15) is 30.5 Å². The second kappa shape index (κ2) is 4.29. The van der Waals surface area contributed by atoms with Gasteiger partial charge in [0.25, 0.3) is 0 Å². The summed E-state index contributed by atoms with van der Waals surface area (Å²) >= 11 is 0. The zero-order valence-corrected chi connectivity index (χ0v) is 9.75. The van der Waals surface area contributed by atoms with E-state index >= 15 is 0 Å². The van der Waals surface area contributed by atoms with Crippen molar-refractivity contribution in [2.75, 3.05) is 7.05 Å². The third-order valence-electron chi connectivity index (χ3n) is 3.40. The number of hydrogen-bond donors (Lipinski definition) is 1. The average molecular weight is 244 g/mol. The van der Waals surface area contributed by atoms with Gasteiger partial charge in [-0.15, -0.1) is 0 Å². The summed E-state index contributed by atoms with van der Waals surface area (Å²) < 4.78 is 38.6. The quantitative estimate of drug-likeness (QED) is 0.884. The second-order valence-corrected chi connectivity index (χ2v) is 4.60. The summed E-state index contributed by atoms with van der Waals surface area (Å²) in [7, 11) is 1.70. The molecule has 1 fully saturated rings. The molecule has 1 aromatic rings. The van der Waals surface area contributed by atoms with Gasteiger partial charge in [0.15, 0.2) is 0 Å². The monoisotopic (exact) mass is 244 g/mol. The molecule has 1 aliphatic carbocycles. The van der Waals surface area contributed by atoms with E-state index in [1.165, 1.54) is 12.4 Å². The van der Waals surface area contributed by atoms with Gasteiger partial charge in [-0.25, -0.2) is 0 Å². The predicted octanol–water partition coefficient (Wildman–Crippen LogP) is 3.02. The molecule has 1 aromatic heterocycles. The summed E-state index contributed by atoms with van der Waals surface area (Å²) in [6.45, 7) is 2.05. The fraction of sp³-hybridized carbons (Fsp3) is 0.583. The van der Waals surface area contributed by atoms with Gasteiger partial charge in [-0.05, 0) is 36.9 Å². The van der Waals surface area contributed by atoms with Gasteiger partial charge >= 0.3 is 6.18 Å². The minimum Gasteiger partial charge on any atom is -0.313 e. The lowest BCUT2D eigenvalue weighted by atomic mass is 9.98. The Morgan fingerprint density at radius 3 is 2.59 bits per heavy atom. The molecule has 1 N–H and O–H groups in total. The molecule has 0 bridgehead atoms. The van der Waals surface area contributed by atoms with Crippen LogP contribution in [0.3, 0.4) is 0 Å². The summed E-state index contributed by atoms with van der Waals surface area (Å²) in [5, 5.41) is 2.98. The molecule has 0 aromatic carbocycles. The van der Waals surface area contributed by atoms with Crippen molar-refractivity contribution >= 4 is 0 Å². The molecule has 3 atom stereocenters. The molecular formula is C12H15F3N2. The number of hydrogen-bond acceptors (Lipinski definition) is 2. The molecule has 0 saturated heterocycles. The van der Waals surface area contributed by atoms with E-state index in [1.807, 2.05) is 0 Å². The second-order valence-electron chi connectivity index (χ2n) is 4.60. The molecule has 2 nitrogen and oxygen atoms in total. The van der Waals surface area contributed by atoms with Gasteiger partial charge in [0.05, 0.1) is 5.56 Å². The molecule has 1 aliphatic rings. The lowest BCUT2D eigenvalue weighted by molar-refractivity contribution is -0.138. The number of rotatable bonds is 3. The summed E-state index contributed by atoms with van der Waals surface area (Å²) in [5.74, 6) is 0.763. The molecule has 3 unspecified atom stereocenters. The SMILES string of the molecule is CNC(c1cnccc1C(F)(F)F)C1CC1C. The van der Waals surface area contributed by atoms with Crippen molar-refractivity contribution in [1.82, 2.24) is 10.3 Å². The molecule has 0 aliphatic heterocycles. The predicted molar refractivity (Wildman–Crippen MR) is 58.3 cm³/mol. The number of nitrogens with zero attached hydrogens (tertiary/aromatic N) is 1. The molecule has 0 spiro atoms. The summed E-state index contributed by atoms with van der Waals surface area (Å²) in [6.07, 6.45) is -0.826. The number of halogens is 3. The van der Waals surface area contributed by atoms with Crippen molar-refractivity contribution in [1.29, 1.82) is 0 Å². The Balaban J connectivity index is 2.36. The third-order valence-corrected chi connectivity index (χ3v) is 3.40. The highest BCUT2D eigenvalue weighted by atomic mass is 19.4. The average Bonchev–Trinajstić information content (AvgIpc) is 2.96. The Kier molecular flexibility index (Phi) is 3.12. The summed E-state index contributed by atoms with van der Waals surface area (Å²) in [6, 6.07) is 0.794. The van der Waals surface area contributed by atoms with Crippen LogP contribution in [0.15, 0.2) is 18.5 Å². The van der Waals surface area contributed by atoms with Crippen molar-refractivity contribution < 1.29 is 13.2 Å². The fourth-order valence-corrected chi connectivity index (χ4v) is 2.33. The minimum atomic E-state index is -4.31. The van der Waals surface area contributed by atoms with Crippen LogP contribution >= 0.6 is 0 Å². The molecule has 1 heterocycles. The zero-order chi connectivity index (χ0) is 12.6. The third kappa shape index (κ3) is 2.44. The highest BCUT2D eigenvalue weighted by Crippen LogP contribution is 2.48. The zero-order valence-electron chi connectivity index (χ0n) is 9.75. The van der Waals surface area contributed by atoms with E-state index in [1.54, 1.807) is 7.05 Å². The summed E-state index contributed by atoms with van der Waals surface area (Å²) in [5.41, 5.74) is -0.317. The number of aromatic nitrogens is 1. The first-order valence-electron chi connectivity index (χ1n) is 5.63. The van der Waals surface area contributed by atoms with E-state index < -0.39 is 11.7 Å². The largest absolute Gasteiger partial charge is 0.416 e. The van der Waals surface area contributed by atoms with Gasteiger partial charge in [-0.2, -0.15) is 13.2 Å². The maximum Gasteiger partial charge on any atom is 0.416 e. The van der Waals surface area contributed by atoms with Crippen LogP contribution in [-0.4, -0.2) is 12.0 Å². The van der Waals surface area contributed by atoms with Crippen LogP contribution < -0.4 is 5.32 Å². The van der Waals surface area contributed by atoms with Crippen LogP contribution in [-0.2, 0) is 6.18 Å². The Labute approximate surface area is 98.2 Å². The number of nitrogens with one attached hydrogen (secondary N) is 1. The molecule has 1 saturated carbocycles. The van der Waals surface area contributed by atoms with Crippen molar-refractivity contribution in [3.63, 3.8) is 0 Å². The molecule has 2 rings (SSSR count). The molecule has 5 heteroatoms. The van der Waals surface area contributed by atoms with Gasteiger partial charge in [0.2, 0.25) is 0 Å². The van der Waals surface area contributed by atoms with Crippen molar-refractivity contribution in [2.24, 2.45) is 11.8 Å². The van der Waals surface area contributed by atoms with Crippen molar-refractivity contribution in [3.05, 3.63) is 29.6 Å². The van der Waals surface area contributed by atoms with Crippen molar-refractivity contribution in [3.8, 4) is 0 Å². The number of pyridine rings is 1. The topological polar surface area (TPSA) is 24.9 Å². The van der Waals surface area contributed by atoms with Gasteiger partial charge in [-0.3, -0.25) is 4.98 Å². The van der Waals surface area contributed by atoms with E-state index in [2.05, 4.69) is 17.2 Å². The molecule has 94 valence electrons. The smallest absolute Gasteiger partial charge is 0.313 e. The van der Waals surface area contributed by atoms with Gasteiger partial charge in [0, 0.05) is 18.4 Å². The number of alkyl halides is 3. The maximum atomic E-state index is 12.9. The highest BCUT2D eigenvalue weighted by Gasteiger charge is 2.43. The van der Waals surface area contributed by atoms with Gasteiger partial charge in [0.1, 0.15) is 0 Å². The Morgan fingerprint density at radius 2 is 2.12 bits per heavy atom. The van der Waals surface area contributed by atoms with E-state index in [0.29, 0.717) is 5.92 Å². The van der Waals surface area contributed by atoms with Crippen LogP contribution in [0.2, 0.25) is 0 Å². The first-order chi connectivity index (χ1) is 7.95. The first kappa shape index (κ1) is 12.4. The fourth-order valence-electron chi connectivity index (χ4n) is 2.33. The Hall–Kier alpha value is -1.10. The van der Waals surface area contributed by atoms with Gasteiger partial charge in [-0.1, -0.05) is 6.92 Å². The van der Waals surface area contributed by atoms with E-state index in [0.717, 1.165) is 12.5 Å². The summed E-state index contributed by atoms with van der Waals surface area (Å²) in [4.78, 5) is 3.82. The van der Waals surface area contributed by atoms with Gasteiger partial charge < -0.3 is 5.32 Å². The Morgan fingerprint density at radius 1 is 1.47 bits per heavy atom.